The molecule has 0 unspecified atom stereocenters. The zero-order chi connectivity index (χ0) is 20.0. The van der Waals surface area contributed by atoms with Crippen LogP contribution in [0.25, 0.3) is 0 Å². The summed E-state index contributed by atoms with van der Waals surface area (Å²) in [6.45, 7) is 3.61. The van der Waals surface area contributed by atoms with E-state index in [1.165, 1.54) is 7.11 Å². The van der Waals surface area contributed by atoms with Gasteiger partial charge in [-0.25, -0.2) is 9.69 Å². The first-order valence-electron chi connectivity index (χ1n) is 8.55. The Bertz CT molecular complexity index is 734. The lowest BCUT2D eigenvalue weighted by molar-refractivity contribution is -0.144. The zero-order valence-electron chi connectivity index (χ0n) is 15.6. The van der Waals surface area contributed by atoms with Crippen molar-refractivity contribution in [3.63, 3.8) is 0 Å². The van der Waals surface area contributed by atoms with E-state index in [1.807, 2.05) is 13.8 Å². The van der Waals surface area contributed by atoms with Crippen LogP contribution in [-0.4, -0.2) is 66.9 Å². The predicted octanol–water partition coefficient (Wildman–Crippen LogP) is 0.637. The quantitative estimate of drug-likeness (QED) is 0.385. The smallest absolute Gasteiger partial charge is 0.334 e. The van der Waals surface area contributed by atoms with Gasteiger partial charge in [-0.1, -0.05) is 26.0 Å². The first kappa shape index (κ1) is 20.2. The van der Waals surface area contributed by atoms with Crippen LogP contribution in [-0.2, 0) is 14.4 Å². The third-order valence-corrected chi connectivity index (χ3v) is 3.74. The fourth-order valence-corrected chi connectivity index (χ4v) is 2.50. The second kappa shape index (κ2) is 9.02. The van der Waals surface area contributed by atoms with Gasteiger partial charge in [0.1, 0.15) is 13.2 Å². The fourth-order valence-electron chi connectivity index (χ4n) is 2.50. The van der Waals surface area contributed by atoms with Crippen molar-refractivity contribution >= 4 is 23.8 Å². The number of nitrogens with zero attached hydrogens (tertiary/aromatic N) is 2. The van der Waals surface area contributed by atoms with E-state index in [2.05, 4.69) is 5.32 Å². The predicted molar refractivity (Wildman–Crippen MR) is 95.2 cm³/mol. The molecule has 0 aromatic heterocycles. The number of para-hydroxylation sites is 2. The summed E-state index contributed by atoms with van der Waals surface area (Å²) in [5.41, 5.74) is 0. The molecule has 0 radical (unpaired) electrons. The third-order valence-electron chi connectivity index (χ3n) is 3.74. The van der Waals surface area contributed by atoms with E-state index in [0.717, 1.165) is 4.90 Å². The number of amides is 5. The molecule has 1 aliphatic heterocycles. The largest absolute Gasteiger partial charge is 0.493 e. The van der Waals surface area contributed by atoms with E-state index in [9.17, 15) is 19.2 Å². The normalized spacial score (nSPS) is 14.1. The Hall–Kier alpha value is -3.10. The molecular weight excluding hydrogens is 354 g/mol. The second-order valence-corrected chi connectivity index (χ2v) is 6.33. The topological polar surface area (TPSA) is 105 Å². The SMILES string of the molecule is COc1ccccc1OCCNC(=O)CN1C(=O)C(=O)N(CC(C)C)C1=O. The second-order valence-electron chi connectivity index (χ2n) is 6.33. The minimum absolute atomic E-state index is 0.0200. The van der Waals surface area contributed by atoms with Crippen LogP contribution in [0.15, 0.2) is 24.3 Å². The molecule has 9 nitrogen and oxygen atoms in total. The van der Waals surface area contributed by atoms with Crippen LogP contribution in [0.5, 0.6) is 11.5 Å². The molecular formula is C18H23N3O6. The number of carbonyl (C=O) groups excluding carboxylic acids is 4. The van der Waals surface area contributed by atoms with Crippen molar-refractivity contribution in [3.8, 4) is 11.5 Å². The fraction of sp³-hybridized carbons (Fsp3) is 0.444. The Labute approximate surface area is 157 Å². The van der Waals surface area contributed by atoms with Gasteiger partial charge in [0.25, 0.3) is 0 Å². The summed E-state index contributed by atoms with van der Waals surface area (Å²) in [5.74, 6) is -1.32. The van der Waals surface area contributed by atoms with Gasteiger partial charge in [-0.15, -0.1) is 0 Å². The molecule has 1 heterocycles. The van der Waals surface area contributed by atoms with Crippen molar-refractivity contribution in [2.75, 3.05) is 33.4 Å². The van der Waals surface area contributed by atoms with Gasteiger partial charge in [0.2, 0.25) is 5.91 Å². The molecule has 5 amide bonds. The van der Waals surface area contributed by atoms with Crippen molar-refractivity contribution < 1.29 is 28.7 Å². The van der Waals surface area contributed by atoms with Crippen LogP contribution in [0.3, 0.4) is 0 Å². The van der Waals surface area contributed by atoms with Crippen molar-refractivity contribution in [3.05, 3.63) is 24.3 Å². The molecule has 2 rings (SSSR count). The summed E-state index contributed by atoms with van der Waals surface area (Å²) < 4.78 is 10.7. The summed E-state index contributed by atoms with van der Waals surface area (Å²) in [6, 6.07) is 6.32. The van der Waals surface area contributed by atoms with Gasteiger partial charge in [-0.05, 0) is 18.1 Å². The number of hydrogen-bond donors (Lipinski definition) is 1. The Balaban J connectivity index is 1.81. The highest BCUT2D eigenvalue weighted by atomic mass is 16.5. The van der Waals surface area contributed by atoms with Gasteiger partial charge in [-0.3, -0.25) is 19.3 Å². The lowest BCUT2D eigenvalue weighted by atomic mass is 10.2. The third kappa shape index (κ3) is 4.96. The van der Waals surface area contributed by atoms with Crippen LogP contribution in [0, 0.1) is 5.92 Å². The summed E-state index contributed by atoms with van der Waals surface area (Å²) in [7, 11) is 1.53. The van der Waals surface area contributed by atoms with Crippen LogP contribution in [0.2, 0.25) is 0 Å². The van der Waals surface area contributed by atoms with E-state index in [-0.39, 0.29) is 25.6 Å². The molecule has 1 aliphatic rings. The van der Waals surface area contributed by atoms with E-state index >= 15 is 0 Å². The van der Waals surface area contributed by atoms with Crippen LogP contribution in [0.4, 0.5) is 4.79 Å². The standard InChI is InChI=1S/C18H23N3O6/c1-12(2)10-20-16(23)17(24)21(18(20)25)11-15(22)19-8-9-27-14-7-5-4-6-13(14)26-3/h4-7,12H,8-11H2,1-3H3,(H,19,22). The Morgan fingerprint density at radius 1 is 1.07 bits per heavy atom. The van der Waals surface area contributed by atoms with Gasteiger partial charge in [-0.2, -0.15) is 0 Å². The minimum atomic E-state index is -0.985. The molecule has 9 heteroatoms. The molecule has 27 heavy (non-hydrogen) atoms. The number of carbonyl (C=O) groups is 4. The van der Waals surface area contributed by atoms with Gasteiger partial charge in [0, 0.05) is 6.54 Å². The van der Waals surface area contributed by atoms with Crippen molar-refractivity contribution in [1.29, 1.82) is 0 Å². The summed E-state index contributed by atoms with van der Waals surface area (Å²) >= 11 is 0. The number of ether oxygens (including phenoxy) is 2. The maximum atomic E-state index is 12.2. The molecule has 0 atom stereocenters. The van der Waals surface area contributed by atoms with Gasteiger partial charge >= 0.3 is 17.8 Å². The highest BCUT2D eigenvalue weighted by molar-refractivity contribution is 6.45. The van der Waals surface area contributed by atoms with Crippen LogP contribution in [0.1, 0.15) is 13.8 Å². The molecule has 146 valence electrons. The zero-order valence-corrected chi connectivity index (χ0v) is 15.6. The molecule has 1 aromatic rings. The highest BCUT2D eigenvalue weighted by Gasteiger charge is 2.45. The van der Waals surface area contributed by atoms with Crippen molar-refractivity contribution in [1.82, 2.24) is 15.1 Å². The molecule has 1 N–H and O–H groups in total. The summed E-state index contributed by atoms with van der Waals surface area (Å²) in [6.07, 6.45) is 0. The average Bonchev–Trinajstić information content (AvgIpc) is 2.83. The lowest BCUT2D eigenvalue weighted by Gasteiger charge is -2.17. The maximum absolute atomic E-state index is 12.2. The van der Waals surface area contributed by atoms with E-state index < -0.39 is 30.3 Å². The average molecular weight is 377 g/mol. The number of methoxy groups -OCH3 is 1. The molecule has 0 aliphatic carbocycles. The molecule has 1 saturated heterocycles. The minimum Gasteiger partial charge on any atom is -0.493 e. The monoisotopic (exact) mass is 377 g/mol. The van der Waals surface area contributed by atoms with E-state index in [0.29, 0.717) is 16.4 Å². The first-order valence-corrected chi connectivity index (χ1v) is 8.55. The number of rotatable bonds is 9. The Kier molecular flexibility index (Phi) is 6.75. The number of nitrogens with one attached hydrogen (secondary N) is 1. The maximum Gasteiger partial charge on any atom is 0.334 e. The van der Waals surface area contributed by atoms with Gasteiger partial charge in [0.15, 0.2) is 11.5 Å². The number of urea groups is 1. The Morgan fingerprint density at radius 3 is 2.33 bits per heavy atom. The molecule has 1 fully saturated rings. The highest BCUT2D eigenvalue weighted by Crippen LogP contribution is 2.25. The van der Waals surface area contributed by atoms with Crippen LogP contribution >= 0.6 is 0 Å². The molecule has 0 spiro atoms. The lowest BCUT2D eigenvalue weighted by Crippen LogP contribution is -2.42. The van der Waals surface area contributed by atoms with Crippen molar-refractivity contribution in [2.24, 2.45) is 5.92 Å². The number of hydrogen-bond acceptors (Lipinski definition) is 6. The van der Waals surface area contributed by atoms with Crippen LogP contribution < -0.4 is 14.8 Å². The van der Waals surface area contributed by atoms with Gasteiger partial charge in [0.05, 0.1) is 13.7 Å². The molecule has 0 saturated carbocycles. The van der Waals surface area contributed by atoms with E-state index in [4.69, 9.17) is 9.47 Å². The summed E-state index contributed by atoms with van der Waals surface area (Å²) in [5, 5.41) is 2.55. The number of imide groups is 2. The van der Waals surface area contributed by atoms with E-state index in [1.54, 1.807) is 24.3 Å². The molecule has 0 bridgehead atoms. The first-order chi connectivity index (χ1) is 12.8. The number of benzene rings is 1. The molecule has 1 aromatic carbocycles. The van der Waals surface area contributed by atoms with Gasteiger partial charge < -0.3 is 14.8 Å². The summed E-state index contributed by atoms with van der Waals surface area (Å²) in [4.78, 5) is 49.5. The van der Waals surface area contributed by atoms with Crippen molar-refractivity contribution in [2.45, 2.75) is 13.8 Å². The Morgan fingerprint density at radius 2 is 1.70 bits per heavy atom.